The third-order valence-electron chi connectivity index (χ3n) is 3.73. The van der Waals surface area contributed by atoms with Crippen molar-refractivity contribution in [3.63, 3.8) is 0 Å². The molecule has 0 aromatic carbocycles. The van der Waals surface area contributed by atoms with Gasteiger partial charge in [-0.2, -0.15) is 0 Å². The molecule has 0 aliphatic carbocycles. The van der Waals surface area contributed by atoms with Crippen molar-refractivity contribution in [2.75, 3.05) is 0 Å². The predicted octanol–water partition coefficient (Wildman–Crippen LogP) is 1.43. The summed E-state index contributed by atoms with van der Waals surface area (Å²) >= 11 is 0. The molecule has 76 valence electrons. The van der Waals surface area contributed by atoms with Crippen molar-refractivity contribution in [2.24, 2.45) is 5.41 Å². The smallest absolute Gasteiger partial charge is 0.306 e. The van der Waals surface area contributed by atoms with Crippen molar-refractivity contribution in [3.05, 3.63) is 12.2 Å². The second kappa shape index (κ2) is 2.60. The number of fused-ring (bicyclic) bond motifs is 3. The van der Waals surface area contributed by atoms with Gasteiger partial charge in [0.25, 0.3) is 0 Å². The van der Waals surface area contributed by atoms with Gasteiger partial charge in [0.2, 0.25) is 0 Å². The molecule has 3 heterocycles. The minimum atomic E-state index is -0.0543. The molecule has 3 nitrogen and oxygen atoms in total. The lowest BCUT2D eigenvalue weighted by Crippen LogP contribution is -2.38. The summed E-state index contributed by atoms with van der Waals surface area (Å²) in [6, 6.07) is 0. The number of hydrogen-bond acceptors (Lipinski definition) is 3. The van der Waals surface area contributed by atoms with Gasteiger partial charge in [-0.15, -0.1) is 0 Å². The maximum atomic E-state index is 11.3. The zero-order valence-corrected chi connectivity index (χ0v) is 8.23. The number of hydrogen-bond donors (Lipinski definition) is 0. The lowest BCUT2D eigenvalue weighted by atomic mass is 9.71. The third-order valence-corrected chi connectivity index (χ3v) is 3.73. The van der Waals surface area contributed by atoms with Crippen molar-refractivity contribution in [2.45, 2.75) is 44.5 Å². The van der Waals surface area contributed by atoms with E-state index in [9.17, 15) is 4.79 Å². The van der Waals surface area contributed by atoms with Crippen LogP contribution < -0.4 is 0 Å². The third kappa shape index (κ3) is 0.883. The minimum Gasteiger partial charge on any atom is -0.462 e. The van der Waals surface area contributed by atoms with Gasteiger partial charge >= 0.3 is 5.97 Å². The van der Waals surface area contributed by atoms with Crippen molar-refractivity contribution >= 4 is 5.97 Å². The zero-order chi connectivity index (χ0) is 9.76. The summed E-state index contributed by atoms with van der Waals surface area (Å²) in [7, 11) is 0. The number of rotatable bonds is 1. The van der Waals surface area contributed by atoms with Crippen molar-refractivity contribution in [1.82, 2.24) is 0 Å². The maximum absolute atomic E-state index is 11.3. The van der Waals surface area contributed by atoms with Crippen molar-refractivity contribution < 1.29 is 14.3 Å². The van der Waals surface area contributed by atoms with Crippen molar-refractivity contribution in [3.8, 4) is 0 Å². The number of ether oxygens (including phenoxy) is 2. The van der Waals surface area contributed by atoms with Crippen LogP contribution in [-0.4, -0.2) is 24.3 Å². The number of cyclic esters (lactones) is 1. The first-order valence-electron chi connectivity index (χ1n) is 5.28. The molecule has 0 radical (unpaired) electrons. The normalized spacial score (nSPS) is 49.2. The molecule has 0 N–H and O–H groups in total. The van der Waals surface area contributed by atoms with Crippen LogP contribution >= 0.6 is 0 Å². The molecule has 2 saturated heterocycles. The molecule has 1 spiro atoms. The summed E-state index contributed by atoms with van der Waals surface area (Å²) in [5.74, 6) is -0.0543. The topological polar surface area (TPSA) is 35.5 Å². The van der Waals surface area contributed by atoms with E-state index in [0.29, 0.717) is 6.42 Å². The van der Waals surface area contributed by atoms with Crippen LogP contribution in [0.3, 0.4) is 0 Å². The summed E-state index contributed by atoms with van der Waals surface area (Å²) in [5.41, 5.74) is -0.0365. The van der Waals surface area contributed by atoms with Gasteiger partial charge < -0.3 is 9.47 Å². The summed E-state index contributed by atoms with van der Waals surface area (Å²) in [6.45, 7) is 2.07. The van der Waals surface area contributed by atoms with Crippen LogP contribution in [0.25, 0.3) is 0 Å². The van der Waals surface area contributed by atoms with E-state index in [2.05, 4.69) is 19.1 Å². The van der Waals surface area contributed by atoms with Gasteiger partial charge in [0.05, 0.1) is 24.0 Å². The summed E-state index contributed by atoms with van der Waals surface area (Å²) in [5, 5.41) is 0. The predicted molar refractivity (Wildman–Crippen MR) is 49.6 cm³/mol. The fourth-order valence-electron chi connectivity index (χ4n) is 3.12. The highest BCUT2D eigenvalue weighted by Gasteiger charge is 2.59. The van der Waals surface area contributed by atoms with E-state index in [1.807, 2.05) is 0 Å². The second-order valence-corrected chi connectivity index (χ2v) is 4.48. The Morgan fingerprint density at radius 2 is 2.43 bits per heavy atom. The molecule has 3 aliphatic heterocycles. The largest absolute Gasteiger partial charge is 0.462 e. The Bertz CT molecular complexity index is 310. The fourth-order valence-corrected chi connectivity index (χ4v) is 3.12. The molecular weight excluding hydrogens is 180 g/mol. The van der Waals surface area contributed by atoms with Gasteiger partial charge in [0.1, 0.15) is 6.10 Å². The summed E-state index contributed by atoms with van der Waals surface area (Å²) in [6.07, 6.45) is 6.99. The van der Waals surface area contributed by atoms with E-state index in [0.717, 1.165) is 12.8 Å². The van der Waals surface area contributed by atoms with Gasteiger partial charge in [0, 0.05) is 0 Å². The Labute approximate surface area is 83.1 Å². The molecule has 2 bridgehead atoms. The molecule has 0 aromatic rings. The number of esters is 1. The SMILES string of the molecule is CCC1OC(=O)CC12CC1C=CC2O1. The average Bonchev–Trinajstić information content (AvgIpc) is 2.80. The van der Waals surface area contributed by atoms with Crippen LogP contribution in [0.2, 0.25) is 0 Å². The van der Waals surface area contributed by atoms with E-state index < -0.39 is 0 Å². The van der Waals surface area contributed by atoms with Gasteiger partial charge in [-0.3, -0.25) is 4.79 Å². The zero-order valence-electron chi connectivity index (χ0n) is 8.23. The Morgan fingerprint density at radius 3 is 3.00 bits per heavy atom. The molecule has 3 rings (SSSR count). The van der Waals surface area contributed by atoms with E-state index in [1.165, 1.54) is 0 Å². The first-order valence-corrected chi connectivity index (χ1v) is 5.28. The second-order valence-electron chi connectivity index (χ2n) is 4.48. The average molecular weight is 194 g/mol. The molecule has 0 aromatic heterocycles. The molecule has 4 atom stereocenters. The van der Waals surface area contributed by atoms with Crippen LogP contribution in [0.4, 0.5) is 0 Å². The number of carbonyl (C=O) groups excluding carboxylic acids is 1. The molecule has 2 fully saturated rings. The van der Waals surface area contributed by atoms with Gasteiger partial charge in [-0.1, -0.05) is 19.1 Å². The van der Waals surface area contributed by atoms with Crippen molar-refractivity contribution in [1.29, 1.82) is 0 Å². The number of carbonyl (C=O) groups is 1. The van der Waals surface area contributed by atoms with Gasteiger partial charge in [0.15, 0.2) is 0 Å². The standard InChI is InChI=1S/C11H14O3/c1-2-8-11(6-10(12)14-8)5-7-3-4-9(11)13-7/h3-4,7-9H,2,5-6H2,1H3. The van der Waals surface area contributed by atoms with E-state index in [1.54, 1.807) is 0 Å². The molecule has 3 heteroatoms. The molecule has 0 amide bonds. The summed E-state index contributed by atoms with van der Waals surface area (Å²) in [4.78, 5) is 11.3. The lowest BCUT2D eigenvalue weighted by Gasteiger charge is -2.31. The van der Waals surface area contributed by atoms with Crippen LogP contribution in [0, 0.1) is 5.41 Å². The Morgan fingerprint density at radius 1 is 1.57 bits per heavy atom. The highest BCUT2D eigenvalue weighted by atomic mass is 16.6. The minimum absolute atomic E-state index is 0.0365. The quantitative estimate of drug-likeness (QED) is 0.468. The molecule has 14 heavy (non-hydrogen) atoms. The van der Waals surface area contributed by atoms with Crippen LogP contribution in [0.15, 0.2) is 12.2 Å². The van der Waals surface area contributed by atoms with Gasteiger partial charge in [-0.25, -0.2) is 0 Å². The van der Waals surface area contributed by atoms with E-state index >= 15 is 0 Å². The van der Waals surface area contributed by atoms with E-state index in [4.69, 9.17) is 9.47 Å². The molecular formula is C11H14O3. The van der Waals surface area contributed by atoms with Crippen LogP contribution in [0.5, 0.6) is 0 Å². The maximum Gasteiger partial charge on any atom is 0.306 e. The molecule has 0 saturated carbocycles. The van der Waals surface area contributed by atoms with Gasteiger partial charge in [-0.05, 0) is 12.8 Å². The Hall–Kier alpha value is -0.830. The first kappa shape index (κ1) is 8.48. The highest BCUT2D eigenvalue weighted by Crippen LogP contribution is 2.53. The highest BCUT2D eigenvalue weighted by molar-refractivity contribution is 5.73. The van der Waals surface area contributed by atoms with Crippen LogP contribution in [-0.2, 0) is 14.3 Å². The first-order chi connectivity index (χ1) is 6.74. The Kier molecular flexibility index (Phi) is 1.57. The summed E-state index contributed by atoms with van der Waals surface area (Å²) < 4.78 is 11.1. The lowest BCUT2D eigenvalue weighted by molar-refractivity contribution is -0.141. The van der Waals surface area contributed by atoms with Crippen LogP contribution in [0.1, 0.15) is 26.2 Å². The van der Waals surface area contributed by atoms with E-state index in [-0.39, 0.29) is 29.7 Å². The molecule has 4 unspecified atom stereocenters. The monoisotopic (exact) mass is 194 g/mol. The fraction of sp³-hybridized carbons (Fsp3) is 0.727. The Balaban J connectivity index is 1.96. The molecule has 3 aliphatic rings.